The highest BCUT2D eigenvalue weighted by molar-refractivity contribution is 7.89. The van der Waals surface area contributed by atoms with Gasteiger partial charge in [-0.1, -0.05) is 56.3 Å². The molecule has 1 amide bonds. The van der Waals surface area contributed by atoms with Crippen molar-refractivity contribution in [3.05, 3.63) is 54.6 Å². The first-order valence-corrected chi connectivity index (χ1v) is 17.1. The maximum Gasteiger partial charge on any atom is 0.410 e. The molecular formula is C34H51N3O7S. The van der Waals surface area contributed by atoms with Crippen LogP contribution in [0.1, 0.15) is 55.4 Å². The van der Waals surface area contributed by atoms with Crippen molar-refractivity contribution in [3.8, 4) is 11.1 Å². The molecule has 1 saturated heterocycles. The van der Waals surface area contributed by atoms with Crippen LogP contribution < -0.4 is 0 Å². The van der Waals surface area contributed by atoms with Gasteiger partial charge in [-0.15, -0.1) is 0 Å². The zero-order chi connectivity index (χ0) is 33.4. The summed E-state index contributed by atoms with van der Waals surface area (Å²) in [6.07, 6.45) is -0.306. The summed E-state index contributed by atoms with van der Waals surface area (Å²) < 4.78 is 46.5. The van der Waals surface area contributed by atoms with Crippen LogP contribution in [0.2, 0.25) is 0 Å². The molecule has 1 aliphatic rings. The van der Waals surface area contributed by atoms with Gasteiger partial charge < -0.3 is 19.1 Å². The molecule has 2 aromatic carbocycles. The van der Waals surface area contributed by atoms with E-state index >= 15 is 0 Å². The number of amides is 1. The highest BCUT2D eigenvalue weighted by Crippen LogP contribution is 2.27. The number of ether oxygens (including phenoxy) is 3. The fourth-order valence-corrected chi connectivity index (χ4v) is 6.70. The van der Waals surface area contributed by atoms with Crippen LogP contribution in [0.25, 0.3) is 11.1 Å². The van der Waals surface area contributed by atoms with E-state index in [4.69, 9.17) is 14.2 Å². The number of rotatable bonds is 12. The Morgan fingerprint density at radius 3 is 1.89 bits per heavy atom. The molecule has 0 unspecified atom stereocenters. The van der Waals surface area contributed by atoms with Crippen LogP contribution in [0.5, 0.6) is 0 Å². The molecule has 0 aliphatic carbocycles. The highest BCUT2D eigenvalue weighted by atomic mass is 32.2. The van der Waals surface area contributed by atoms with E-state index in [-0.39, 0.29) is 30.1 Å². The first-order valence-electron chi connectivity index (χ1n) is 15.7. The van der Waals surface area contributed by atoms with E-state index in [1.54, 1.807) is 49.9 Å². The molecule has 250 valence electrons. The first kappa shape index (κ1) is 36.5. The standard InChI is InChI=1S/C34H51N3O7S/c1-26(2)30(31(38)43-33(3,4)5)37(45(40,41)29-16-14-28(15-17-29)27-12-10-9-11-13-27)23-25-42-24-22-35-18-20-36(21-19-35)32(39)44-34(6,7)8/h9-17,26,30H,18-25H2,1-8H3/t30-/m1/s1. The lowest BCUT2D eigenvalue weighted by molar-refractivity contribution is -0.161. The molecule has 1 heterocycles. The molecule has 10 nitrogen and oxygen atoms in total. The molecule has 2 aromatic rings. The minimum Gasteiger partial charge on any atom is -0.459 e. The molecule has 0 N–H and O–H groups in total. The summed E-state index contributed by atoms with van der Waals surface area (Å²) in [5, 5.41) is 0. The average molecular weight is 646 g/mol. The fraction of sp³-hybridized carbons (Fsp3) is 0.588. The van der Waals surface area contributed by atoms with E-state index in [0.29, 0.717) is 39.3 Å². The van der Waals surface area contributed by atoms with Crippen LogP contribution >= 0.6 is 0 Å². The van der Waals surface area contributed by atoms with E-state index in [2.05, 4.69) is 4.90 Å². The van der Waals surface area contributed by atoms with Crippen molar-refractivity contribution < 1.29 is 32.2 Å². The number of carbonyl (C=O) groups excluding carboxylic acids is 2. The molecule has 3 rings (SSSR count). The second-order valence-corrected chi connectivity index (χ2v) is 15.5. The molecule has 45 heavy (non-hydrogen) atoms. The van der Waals surface area contributed by atoms with Gasteiger partial charge in [-0.05, 0) is 70.7 Å². The van der Waals surface area contributed by atoms with Crippen molar-refractivity contribution >= 4 is 22.1 Å². The molecule has 0 radical (unpaired) electrons. The van der Waals surface area contributed by atoms with E-state index < -0.39 is 33.2 Å². The maximum absolute atomic E-state index is 14.1. The van der Waals surface area contributed by atoms with Crippen molar-refractivity contribution in [2.24, 2.45) is 5.92 Å². The number of carbonyl (C=O) groups is 2. The lowest BCUT2D eigenvalue weighted by atomic mass is 10.0. The Kier molecular flexibility index (Phi) is 12.6. The van der Waals surface area contributed by atoms with Crippen LogP contribution in [0.4, 0.5) is 4.79 Å². The van der Waals surface area contributed by atoms with Gasteiger partial charge in [-0.2, -0.15) is 4.31 Å². The third-order valence-electron chi connectivity index (χ3n) is 7.19. The quantitative estimate of drug-likeness (QED) is 0.227. The Balaban J connectivity index is 1.68. The first-order chi connectivity index (χ1) is 21.0. The highest BCUT2D eigenvalue weighted by Gasteiger charge is 2.40. The van der Waals surface area contributed by atoms with Crippen LogP contribution in [-0.2, 0) is 29.0 Å². The minimum absolute atomic E-state index is 0.0166. The number of benzene rings is 2. The molecule has 0 spiro atoms. The van der Waals surface area contributed by atoms with Gasteiger partial charge in [0.2, 0.25) is 10.0 Å². The van der Waals surface area contributed by atoms with Gasteiger partial charge in [0.25, 0.3) is 0 Å². The summed E-state index contributed by atoms with van der Waals surface area (Å²) in [6.45, 7) is 18.1. The average Bonchev–Trinajstić information content (AvgIpc) is 2.95. The molecule has 0 bridgehead atoms. The van der Waals surface area contributed by atoms with E-state index in [1.165, 1.54) is 4.31 Å². The zero-order valence-electron chi connectivity index (χ0n) is 28.1. The topological polar surface area (TPSA) is 106 Å². The summed E-state index contributed by atoms with van der Waals surface area (Å²) in [4.78, 5) is 29.7. The van der Waals surface area contributed by atoms with Gasteiger partial charge in [0.15, 0.2) is 0 Å². The predicted octanol–water partition coefficient (Wildman–Crippen LogP) is 5.28. The molecule has 1 atom stereocenters. The summed E-state index contributed by atoms with van der Waals surface area (Å²) in [5.74, 6) is -0.940. The maximum atomic E-state index is 14.1. The van der Waals surface area contributed by atoms with Crippen molar-refractivity contribution in [3.63, 3.8) is 0 Å². The van der Waals surface area contributed by atoms with Gasteiger partial charge >= 0.3 is 12.1 Å². The lowest BCUT2D eigenvalue weighted by Crippen LogP contribution is -2.51. The van der Waals surface area contributed by atoms with Crippen molar-refractivity contribution in [1.82, 2.24) is 14.1 Å². The Morgan fingerprint density at radius 1 is 0.800 bits per heavy atom. The van der Waals surface area contributed by atoms with Crippen molar-refractivity contribution in [2.45, 2.75) is 77.5 Å². The Hall–Kier alpha value is -2.99. The predicted molar refractivity (Wildman–Crippen MR) is 175 cm³/mol. The zero-order valence-corrected chi connectivity index (χ0v) is 28.9. The Labute approximate surface area is 269 Å². The van der Waals surface area contributed by atoms with Crippen LogP contribution in [-0.4, -0.2) is 104 Å². The Bertz CT molecular complexity index is 1340. The summed E-state index contributed by atoms with van der Waals surface area (Å²) in [6, 6.07) is 15.4. The number of hydrogen-bond donors (Lipinski definition) is 0. The van der Waals surface area contributed by atoms with Gasteiger partial charge in [-0.25, -0.2) is 13.2 Å². The Morgan fingerprint density at radius 2 is 1.36 bits per heavy atom. The number of nitrogens with zero attached hydrogens (tertiary/aromatic N) is 3. The lowest BCUT2D eigenvalue weighted by Gasteiger charge is -2.35. The van der Waals surface area contributed by atoms with E-state index in [0.717, 1.165) is 11.1 Å². The molecule has 1 fully saturated rings. The number of hydrogen-bond acceptors (Lipinski definition) is 8. The number of piperazine rings is 1. The van der Waals surface area contributed by atoms with Gasteiger partial charge in [0, 0.05) is 39.3 Å². The normalized spacial score (nSPS) is 15.7. The molecule has 11 heteroatoms. The summed E-state index contributed by atoms with van der Waals surface area (Å²) >= 11 is 0. The fourth-order valence-electron chi connectivity index (χ4n) is 5.01. The second-order valence-electron chi connectivity index (χ2n) is 13.6. The summed E-state index contributed by atoms with van der Waals surface area (Å²) in [7, 11) is -4.09. The smallest absolute Gasteiger partial charge is 0.410 e. The van der Waals surface area contributed by atoms with Crippen LogP contribution in [0.3, 0.4) is 0 Å². The third-order valence-corrected chi connectivity index (χ3v) is 9.08. The number of esters is 1. The van der Waals surface area contributed by atoms with Crippen molar-refractivity contribution in [1.29, 1.82) is 0 Å². The third kappa shape index (κ3) is 11.1. The van der Waals surface area contributed by atoms with Gasteiger partial charge in [0.1, 0.15) is 17.2 Å². The van der Waals surface area contributed by atoms with Crippen molar-refractivity contribution in [2.75, 3.05) is 52.5 Å². The molecule has 0 aromatic heterocycles. The van der Waals surface area contributed by atoms with Gasteiger partial charge in [-0.3, -0.25) is 9.69 Å². The SMILES string of the molecule is CC(C)[C@H](C(=O)OC(C)(C)C)N(CCOCCN1CCN(C(=O)OC(C)(C)C)CC1)S(=O)(=O)c1ccc(-c2ccccc2)cc1. The number of sulfonamides is 1. The van der Waals surface area contributed by atoms with Crippen LogP contribution in [0, 0.1) is 5.92 Å². The van der Waals surface area contributed by atoms with Gasteiger partial charge in [0.05, 0.1) is 18.1 Å². The van der Waals surface area contributed by atoms with Crippen LogP contribution in [0.15, 0.2) is 59.5 Å². The largest absolute Gasteiger partial charge is 0.459 e. The molecule has 1 aliphatic heterocycles. The summed E-state index contributed by atoms with van der Waals surface area (Å²) in [5.41, 5.74) is 0.560. The monoisotopic (exact) mass is 645 g/mol. The molecule has 0 saturated carbocycles. The van der Waals surface area contributed by atoms with E-state index in [9.17, 15) is 18.0 Å². The minimum atomic E-state index is -4.09. The van der Waals surface area contributed by atoms with E-state index in [1.807, 2.05) is 65.0 Å². The molecular weight excluding hydrogens is 594 g/mol. The second kappa shape index (κ2) is 15.5.